The lowest BCUT2D eigenvalue weighted by molar-refractivity contribution is -0.146. The fourth-order valence-corrected chi connectivity index (χ4v) is 8.05. The Hall–Kier alpha value is -2.87. The number of benzene rings is 2. The molecule has 0 spiro atoms. The Morgan fingerprint density at radius 3 is 2.43 bits per heavy atom. The van der Waals surface area contributed by atoms with E-state index in [1.54, 1.807) is 6.07 Å². The van der Waals surface area contributed by atoms with Gasteiger partial charge >= 0.3 is 0 Å². The highest BCUT2D eigenvalue weighted by molar-refractivity contribution is 7.98. The molecule has 4 saturated carbocycles. The normalized spacial score (nSPS) is 25.8. The third-order valence-electron chi connectivity index (χ3n) is 8.29. The van der Waals surface area contributed by atoms with Crippen molar-refractivity contribution in [3.05, 3.63) is 65.7 Å². The first-order valence-electron chi connectivity index (χ1n) is 13.3. The number of rotatable bonds is 9. The average molecular weight is 521 g/mol. The van der Waals surface area contributed by atoms with Gasteiger partial charge in [0.15, 0.2) is 11.0 Å². The summed E-state index contributed by atoms with van der Waals surface area (Å²) >= 11 is 1.50. The molecule has 1 amide bonds. The first-order chi connectivity index (χ1) is 18.0. The number of aromatic nitrogens is 3. The fraction of sp³-hybridized carbons (Fsp3) is 0.483. The van der Waals surface area contributed by atoms with E-state index >= 15 is 0 Å². The Kier molecular flexibility index (Phi) is 6.69. The number of hydrogen-bond donors (Lipinski definition) is 1. The van der Waals surface area contributed by atoms with Crippen LogP contribution in [0, 0.1) is 29.0 Å². The Balaban J connectivity index is 1.22. The van der Waals surface area contributed by atoms with E-state index in [1.807, 2.05) is 41.8 Å². The molecule has 1 heterocycles. The van der Waals surface area contributed by atoms with Gasteiger partial charge in [-0.1, -0.05) is 23.9 Å². The van der Waals surface area contributed by atoms with E-state index in [-0.39, 0.29) is 17.1 Å². The number of ether oxygens (including phenoxy) is 1. The summed E-state index contributed by atoms with van der Waals surface area (Å²) in [5.41, 5.74) is 1.57. The summed E-state index contributed by atoms with van der Waals surface area (Å²) in [4.78, 5) is 13.6. The largest absolute Gasteiger partial charge is 0.494 e. The molecule has 0 unspecified atom stereocenters. The minimum Gasteiger partial charge on any atom is -0.494 e. The molecule has 37 heavy (non-hydrogen) atoms. The molecule has 4 aliphatic carbocycles. The van der Waals surface area contributed by atoms with Crippen molar-refractivity contribution in [3.8, 4) is 11.4 Å². The second-order valence-electron chi connectivity index (χ2n) is 11.0. The van der Waals surface area contributed by atoms with Gasteiger partial charge in [0.2, 0.25) is 5.91 Å². The lowest BCUT2D eigenvalue weighted by atomic mass is 9.49. The SMILES string of the molecule is CCOc1ccc(-n2c(CNC(=O)C34CC5CC(CC(C5)C3)C4)nnc2SCc2cccc(F)c2)cc1. The molecule has 0 radical (unpaired) electrons. The van der Waals surface area contributed by atoms with Crippen LogP contribution in [0.1, 0.15) is 56.8 Å². The molecule has 3 aromatic rings. The van der Waals surface area contributed by atoms with Gasteiger partial charge in [0.25, 0.3) is 0 Å². The molecule has 0 atom stereocenters. The summed E-state index contributed by atoms with van der Waals surface area (Å²) in [5, 5.41) is 12.9. The van der Waals surface area contributed by atoms with E-state index in [2.05, 4.69) is 15.5 Å². The first-order valence-corrected chi connectivity index (χ1v) is 14.3. The highest BCUT2D eigenvalue weighted by Gasteiger charge is 2.54. The van der Waals surface area contributed by atoms with Crippen molar-refractivity contribution in [1.29, 1.82) is 0 Å². The van der Waals surface area contributed by atoms with Crippen LogP contribution in [-0.2, 0) is 17.1 Å². The number of thioether (sulfide) groups is 1. The minimum atomic E-state index is -0.251. The number of amides is 1. The lowest BCUT2D eigenvalue weighted by Crippen LogP contribution is -2.53. The second kappa shape index (κ2) is 10.1. The van der Waals surface area contributed by atoms with Gasteiger partial charge in [0.05, 0.1) is 13.2 Å². The topological polar surface area (TPSA) is 69.0 Å². The number of carbonyl (C=O) groups is 1. The molecule has 7 rings (SSSR count). The van der Waals surface area contributed by atoms with Crippen LogP contribution in [0.3, 0.4) is 0 Å². The molecule has 4 aliphatic rings. The van der Waals surface area contributed by atoms with Gasteiger partial charge in [0, 0.05) is 16.9 Å². The lowest BCUT2D eigenvalue weighted by Gasteiger charge is -2.55. The number of carbonyl (C=O) groups excluding carboxylic acids is 1. The predicted octanol–water partition coefficient (Wildman–Crippen LogP) is 5.93. The first kappa shape index (κ1) is 24.5. The van der Waals surface area contributed by atoms with Crippen LogP contribution in [0.2, 0.25) is 0 Å². The fourth-order valence-electron chi connectivity index (χ4n) is 7.14. The van der Waals surface area contributed by atoms with Crippen LogP contribution in [0.15, 0.2) is 53.7 Å². The third kappa shape index (κ3) is 5.00. The van der Waals surface area contributed by atoms with Gasteiger partial charge < -0.3 is 10.1 Å². The maximum atomic E-state index is 13.7. The van der Waals surface area contributed by atoms with Gasteiger partial charge in [-0.2, -0.15) is 0 Å². The van der Waals surface area contributed by atoms with Crippen molar-refractivity contribution < 1.29 is 13.9 Å². The third-order valence-corrected chi connectivity index (χ3v) is 9.29. The Morgan fingerprint density at radius 1 is 1.08 bits per heavy atom. The summed E-state index contributed by atoms with van der Waals surface area (Å²) < 4.78 is 21.3. The van der Waals surface area contributed by atoms with Crippen molar-refractivity contribution in [2.45, 2.75) is 62.9 Å². The molecule has 2 aromatic carbocycles. The number of hydrogen-bond acceptors (Lipinski definition) is 5. The second-order valence-corrected chi connectivity index (χ2v) is 11.9. The van der Waals surface area contributed by atoms with Crippen molar-refractivity contribution in [3.63, 3.8) is 0 Å². The van der Waals surface area contributed by atoms with E-state index < -0.39 is 0 Å². The zero-order valence-electron chi connectivity index (χ0n) is 21.2. The molecule has 8 heteroatoms. The van der Waals surface area contributed by atoms with Crippen LogP contribution in [0.5, 0.6) is 5.75 Å². The molecule has 4 fully saturated rings. The van der Waals surface area contributed by atoms with Crippen LogP contribution in [-0.4, -0.2) is 27.3 Å². The summed E-state index contributed by atoms with van der Waals surface area (Å²) in [5.74, 6) is 4.13. The van der Waals surface area contributed by atoms with Gasteiger partial charge in [-0.15, -0.1) is 10.2 Å². The molecule has 4 bridgehead atoms. The van der Waals surface area contributed by atoms with Gasteiger partial charge in [-0.05, 0) is 105 Å². The maximum absolute atomic E-state index is 13.7. The van der Waals surface area contributed by atoms with Crippen LogP contribution in [0.25, 0.3) is 5.69 Å². The Morgan fingerprint density at radius 2 is 1.78 bits per heavy atom. The Labute approximate surface area is 221 Å². The predicted molar refractivity (Wildman–Crippen MR) is 141 cm³/mol. The molecule has 1 aromatic heterocycles. The molecule has 1 N–H and O–H groups in total. The number of halogens is 1. The average Bonchev–Trinajstić information content (AvgIpc) is 3.28. The van der Waals surface area contributed by atoms with Crippen molar-refractivity contribution in [2.24, 2.45) is 23.2 Å². The standard InChI is InChI=1S/C29H33FN4O2S/c1-2-36-25-8-6-24(7-9-25)34-26(32-33-28(34)37-18-19-4-3-5-23(30)13-19)17-31-27(35)29-14-20-10-21(15-29)12-22(11-20)16-29/h3-9,13,20-22H,2,10-12,14-18H2,1H3,(H,31,35). The van der Waals surface area contributed by atoms with Crippen molar-refractivity contribution >= 4 is 17.7 Å². The van der Waals surface area contributed by atoms with Crippen molar-refractivity contribution in [1.82, 2.24) is 20.1 Å². The van der Waals surface area contributed by atoms with E-state index in [0.29, 0.717) is 29.9 Å². The maximum Gasteiger partial charge on any atom is 0.226 e. The highest BCUT2D eigenvalue weighted by atomic mass is 32.2. The number of nitrogens with zero attached hydrogens (tertiary/aromatic N) is 3. The van der Waals surface area contributed by atoms with Gasteiger partial charge in [-0.25, -0.2) is 4.39 Å². The zero-order chi connectivity index (χ0) is 25.4. The van der Waals surface area contributed by atoms with Crippen molar-refractivity contribution in [2.75, 3.05) is 6.61 Å². The Bertz CT molecular complexity index is 1240. The molecule has 194 valence electrons. The smallest absolute Gasteiger partial charge is 0.226 e. The van der Waals surface area contributed by atoms with E-state index in [0.717, 1.165) is 54.0 Å². The molecule has 0 saturated heterocycles. The van der Waals surface area contributed by atoms with E-state index in [1.165, 1.54) is 43.2 Å². The summed E-state index contributed by atoms with van der Waals surface area (Å²) in [6.45, 7) is 2.88. The van der Waals surface area contributed by atoms with Gasteiger partial charge in [0.1, 0.15) is 11.6 Å². The zero-order valence-corrected chi connectivity index (χ0v) is 22.0. The van der Waals surface area contributed by atoms with Gasteiger partial charge in [-0.3, -0.25) is 9.36 Å². The summed E-state index contributed by atoms with van der Waals surface area (Å²) in [6.07, 6.45) is 7.03. The minimum absolute atomic E-state index is 0.182. The van der Waals surface area contributed by atoms with Crippen LogP contribution >= 0.6 is 11.8 Å². The van der Waals surface area contributed by atoms with Crippen LogP contribution < -0.4 is 10.1 Å². The molecular weight excluding hydrogens is 487 g/mol. The quantitative estimate of drug-likeness (QED) is 0.354. The van der Waals surface area contributed by atoms with Crippen LogP contribution in [0.4, 0.5) is 4.39 Å². The monoisotopic (exact) mass is 520 g/mol. The highest BCUT2D eigenvalue weighted by Crippen LogP contribution is 2.60. The number of nitrogens with one attached hydrogen (secondary N) is 1. The molecular formula is C29H33FN4O2S. The summed E-state index contributed by atoms with van der Waals surface area (Å²) in [6, 6.07) is 14.4. The summed E-state index contributed by atoms with van der Waals surface area (Å²) in [7, 11) is 0. The van der Waals surface area contributed by atoms with E-state index in [9.17, 15) is 9.18 Å². The molecule has 6 nitrogen and oxygen atoms in total. The van der Waals surface area contributed by atoms with E-state index in [4.69, 9.17) is 4.74 Å². The molecule has 0 aliphatic heterocycles.